The largest absolute Gasteiger partial charge is 0.372 e. The van der Waals surface area contributed by atoms with Crippen LogP contribution in [-0.2, 0) is 14.8 Å². The molecule has 4 rings (SSSR count). The Hall–Kier alpha value is -3.19. The molecule has 0 radical (unpaired) electrons. The normalized spacial score (nSPS) is 18.8. The van der Waals surface area contributed by atoms with Crippen LogP contribution in [0.15, 0.2) is 24.7 Å². The molecule has 0 bridgehead atoms. The van der Waals surface area contributed by atoms with Gasteiger partial charge in [0, 0.05) is 13.1 Å². The van der Waals surface area contributed by atoms with Crippen LogP contribution in [0.3, 0.4) is 0 Å². The highest BCUT2D eigenvalue weighted by atomic mass is 32.2. The van der Waals surface area contributed by atoms with E-state index in [9.17, 15) is 12.8 Å². The number of aromatic nitrogens is 4. The lowest BCUT2D eigenvalue weighted by Crippen LogP contribution is -2.46. The molecule has 1 fully saturated rings. The van der Waals surface area contributed by atoms with Gasteiger partial charge in [-0.25, -0.2) is 37.1 Å². The molecule has 1 aliphatic rings. The van der Waals surface area contributed by atoms with Crippen LogP contribution < -0.4 is 14.9 Å². The average Bonchev–Trinajstić information content (AvgIpc) is 2.77. The molecule has 0 spiro atoms. The van der Waals surface area contributed by atoms with Gasteiger partial charge in [-0.2, -0.15) is 0 Å². The number of nitrogens with zero attached hydrogens (tertiary/aromatic N) is 5. The Morgan fingerprint density at radius 1 is 1.15 bits per heavy atom. The van der Waals surface area contributed by atoms with E-state index >= 15 is 4.39 Å². The molecule has 0 amide bonds. The van der Waals surface area contributed by atoms with Crippen molar-refractivity contribution >= 4 is 44.2 Å². The summed E-state index contributed by atoms with van der Waals surface area (Å²) >= 11 is 0. The minimum atomic E-state index is -3.77. The molecule has 1 aliphatic heterocycles. The number of sulfonamides is 1. The van der Waals surface area contributed by atoms with E-state index in [0.29, 0.717) is 31.0 Å². The van der Waals surface area contributed by atoms with Gasteiger partial charge >= 0.3 is 0 Å². The summed E-state index contributed by atoms with van der Waals surface area (Å²) in [5, 5.41) is 2.62. The number of ether oxygens (including phenoxy) is 1. The number of anilines is 4. The fraction of sp³-hybridized carbons (Fsp3) is 0.429. The molecule has 2 N–H and O–H groups in total. The molecule has 0 aliphatic carbocycles. The molecule has 182 valence electrons. The van der Waals surface area contributed by atoms with E-state index in [1.807, 2.05) is 18.7 Å². The lowest BCUT2D eigenvalue weighted by molar-refractivity contribution is -0.00570. The van der Waals surface area contributed by atoms with E-state index in [1.165, 1.54) is 12.5 Å². The van der Waals surface area contributed by atoms with Gasteiger partial charge in [-0.3, -0.25) is 4.72 Å². The zero-order valence-electron chi connectivity index (χ0n) is 18.9. The number of rotatable bonds is 7. The number of morpholine rings is 1. The van der Waals surface area contributed by atoms with Gasteiger partial charge in [0.15, 0.2) is 11.6 Å². The monoisotopic (exact) mass is 493 g/mol. The Kier molecular flexibility index (Phi) is 6.75. The van der Waals surface area contributed by atoms with Gasteiger partial charge < -0.3 is 15.0 Å². The minimum Gasteiger partial charge on any atom is -0.372 e. The average molecular weight is 494 g/mol. The molecule has 2 unspecified atom stereocenters. The fourth-order valence-electron chi connectivity index (χ4n) is 3.78. The molecule has 1 saturated heterocycles. The molecule has 3 heterocycles. The van der Waals surface area contributed by atoms with Gasteiger partial charge in [-0.15, -0.1) is 0 Å². The SMILES string of the molecule is CCCS(=O)(=O)Nc1ccc(F)c(Nc2ncnc3cnc(N4CC(C)OC(C)C4)nc23)c1F. The van der Waals surface area contributed by atoms with Crippen LogP contribution in [0.25, 0.3) is 11.0 Å². The number of fused-ring (bicyclic) bond motifs is 1. The number of nitrogens with one attached hydrogen (secondary N) is 2. The molecule has 2 aromatic heterocycles. The Bertz CT molecular complexity index is 1300. The van der Waals surface area contributed by atoms with Gasteiger partial charge in [0.25, 0.3) is 0 Å². The van der Waals surface area contributed by atoms with Crippen molar-refractivity contribution in [1.82, 2.24) is 19.9 Å². The minimum absolute atomic E-state index is 0.0184. The molecule has 34 heavy (non-hydrogen) atoms. The first-order valence-electron chi connectivity index (χ1n) is 10.8. The van der Waals surface area contributed by atoms with Gasteiger partial charge in [0.1, 0.15) is 28.9 Å². The summed E-state index contributed by atoms with van der Waals surface area (Å²) in [6.45, 7) is 6.74. The summed E-state index contributed by atoms with van der Waals surface area (Å²) in [6, 6.07) is 2.00. The molecule has 0 saturated carbocycles. The summed E-state index contributed by atoms with van der Waals surface area (Å²) in [7, 11) is -3.77. The first kappa shape index (κ1) is 24.0. The highest BCUT2D eigenvalue weighted by molar-refractivity contribution is 7.92. The maximum atomic E-state index is 15.1. The first-order valence-corrected chi connectivity index (χ1v) is 12.5. The summed E-state index contributed by atoms with van der Waals surface area (Å²) < 4.78 is 61.7. The predicted octanol–water partition coefficient (Wildman–Crippen LogP) is 3.21. The Balaban J connectivity index is 1.70. The smallest absolute Gasteiger partial charge is 0.232 e. The third-order valence-corrected chi connectivity index (χ3v) is 6.62. The van der Waals surface area contributed by atoms with Crippen molar-refractivity contribution in [1.29, 1.82) is 0 Å². The van der Waals surface area contributed by atoms with E-state index in [-0.39, 0.29) is 35.0 Å². The Morgan fingerprint density at radius 2 is 1.88 bits per heavy atom. The van der Waals surface area contributed by atoms with Crippen LogP contribution in [0.4, 0.5) is 31.9 Å². The van der Waals surface area contributed by atoms with Crippen LogP contribution in [0.2, 0.25) is 0 Å². The molecule has 10 nitrogen and oxygen atoms in total. The second kappa shape index (κ2) is 9.58. The molecule has 1 aromatic carbocycles. The van der Waals surface area contributed by atoms with Crippen LogP contribution in [-0.4, -0.2) is 59.4 Å². The van der Waals surface area contributed by atoms with E-state index in [4.69, 9.17) is 4.74 Å². The second-order valence-corrected chi connectivity index (χ2v) is 9.96. The van der Waals surface area contributed by atoms with Crippen molar-refractivity contribution < 1.29 is 21.9 Å². The lowest BCUT2D eigenvalue weighted by atomic mass is 10.2. The topological polar surface area (TPSA) is 122 Å². The molecular weight excluding hydrogens is 468 g/mol. The third-order valence-electron chi connectivity index (χ3n) is 5.14. The fourth-order valence-corrected chi connectivity index (χ4v) is 4.91. The predicted molar refractivity (Wildman–Crippen MR) is 125 cm³/mol. The maximum Gasteiger partial charge on any atom is 0.232 e. The summed E-state index contributed by atoms with van der Waals surface area (Å²) in [5.74, 6) is -1.75. The number of halogens is 2. The van der Waals surface area contributed by atoms with Crippen molar-refractivity contribution in [2.75, 3.05) is 33.8 Å². The van der Waals surface area contributed by atoms with Crippen molar-refractivity contribution in [3.05, 3.63) is 36.3 Å². The quantitative estimate of drug-likeness (QED) is 0.511. The Labute approximate surface area is 195 Å². The molecule has 2 atom stereocenters. The summed E-state index contributed by atoms with van der Waals surface area (Å²) in [5.41, 5.74) is -0.306. The van der Waals surface area contributed by atoms with Crippen molar-refractivity contribution in [2.45, 2.75) is 39.4 Å². The number of benzene rings is 1. The van der Waals surface area contributed by atoms with E-state index in [2.05, 4.69) is 30.0 Å². The maximum absolute atomic E-state index is 15.1. The zero-order valence-corrected chi connectivity index (χ0v) is 19.7. The van der Waals surface area contributed by atoms with Crippen LogP contribution in [0, 0.1) is 11.6 Å². The van der Waals surface area contributed by atoms with Crippen molar-refractivity contribution in [2.24, 2.45) is 0 Å². The number of hydrogen-bond acceptors (Lipinski definition) is 9. The summed E-state index contributed by atoms with van der Waals surface area (Å²) in [4.78, 5) is 19.1. The van der Waals surface area contributed by atoms with Gasteiger partial charge in [0.05, 0.1) is 29.8 Å². The van der Waals surface area contributed by atoms with Crippen molar-refractivity contribution in [3.8, 4) is 0 Å². The summed E-state index contributed by atoms with van der Waals surface area (Å²) in [6.07, 6.45) is 3.04. The zero-order chi connectivity index (χ0) is 24.5. The number of hydrogen-bond donors (Lipinski definition) is 2. The van der Waals surface area contributed by atoms with E-state index < -0.39 is 27.3 Å². The van der Waals surface area contributed by atoms with Crippen LogP contribution in [0.1, 0.15) is 27.2 Å². The van der Waals surface area contributed by atoms with Gasteiger partial charge in [-0.1, -0.05) is 6.92 Å². The highest BCUT2D eigenvalue weighted by Gasteiger charge is 2.25. The van der Waals surface area contributed by atoms with Gasteiger partial charge in [0.2, 0.25) is 16.0 Å². The molecule has 3 aromatic rings. The van der Waals surface area contributed by atoms with E-state index in [1.54, 1.807) is 6.92 Å². The standard InChI is InChI=1S/C21H25F2N7O3S/c1-4-7-34(31,32)29-15-6-5-14(22)18(17(15)23)27-20-19-16(25-11-26-20)8-24-21(28-19)30-9-12(2)33-13(3)10-30/h5-6,8,11-13,29H,4,7,9-10H2,1-3H3,(H,25,26,27). The molecular formula is C21H25F2N7O3S. The highest BCUT2D eigenvalue weighted by Crippen LogP contribution is 2.31. The first-order chi connectivity index (χ1) is 16.2. The van der Waals surface area contributed by atoms with Crippen LogP contribution >= 0.6 is 0 Å². The van der Waals surface area contributed by atoms with Gasteiger partial charge in [-0.05, 0) is 32.4 Å². The van der Waals surface area contributed by atoms with Crippen LogP contribution in [0.5, 0.6) is 0 Å². The van der Waals surface area contributed by atoms with E-state index in [0.717, 1.165) is 12.1 Å². The second-order valence-electron chi connectivity index (χ2n) is 8.12. The molecule has 13 heteroatoms. The van der Waals surface area contributed by atoms with Crippen molar-refractivity contribution in [3.63, 3.8) is 0 Å². The Morgan fingerprint density at radius 3 is 2.59 bits per heavy atom. The third kappa shape index (κ3) is 5.14. The lowest BCUT2D eigenvalue weighted by Gasteiger charge is -2.35.